The lowest BCUT2D eigenvalue weighted by atomic mass is 10.1. The number of rotatable bonds is 9. The van der Waals surface area contributed by atoms with Gasteiger partial charge < -0.3 is 14.2 Å². The lowest BCUT2D eigenvalue weighted by Crippen LogP contribution is -2.01. The molecule has 4 heteroatoms. The molecule has 0 fully saturated rings. The smallest absolute Gasteiger partial charge is 0.133 e. The summed E-state index contributed by atoms with van der Waals surface area (Å²) in [7, 11) is 3.41. The van der Waals surface area contributed by atoms with Crippen LogP contribution < -0.4 is 4.74 Å². The fraction of sp³-hybridized carbons (Fsp3) is 0.600. The number of ether oxygens (including phenoxy) is 3. The molecule has 108 valence electrons. The van der Waals surface area contributed by atoms with Crippen LogP contribution in [-0.4, -0.2) is 34.0 Å². The van der Waals surface area contributed by atoms with E-state index in [1.165, 1.54) is 16.0 Å². The number of thiophene rings is 1. The molecule has 0 aliphatic heterocycles. The van der Waals surface area contributed by atoms with Gasteiger partial charge in [0.2, 0.25) is 0 Å². The van der Waals surface area contributed by atoms with Crippen LogP contribution >= 0.6 is 11.3 Å². The zero-order valence-electron chi connectivity index (χ0n) is 12.3. The molecule has 0 amide bonds. The van der Waals surface area contributed by atoms with Crippen LogP contribution in [0.25, 0.3) is 5.57 Å². The first-order valence-corrected chi connectivity index (χ1v) is 7.50. The molecule has 0 unspecified atom stereocenters. The van der Waals surface area contributed by atoms with Gasteiger partial charge in [0.15, 0.2) is 0 Å². The van der Waals surface area contributed by atoms with Gasteiger partial charge in [0.25, 0.3) is 0 Å². The summed E-state index contributed by atoms with van der Waals surface area (Å²) < 4.78 is 15.8. The molecule has 1 aromatic rings. The summed E-state index contributed by atoms with van der Waals surface area (Å²) in [5.41, 5.74) is 2.58. The monoisotopic (exact) mass is 284 g/mol. The summed E-state index contributed by atoms with van der Waals surface area (Å²) in [5.74, 6) is 1.01. The minimum absolute atomic E-state index is 0.626. The molecule has 0 aliphatic carbocycles. The predicted molar refractivity (Wildman–Crippen MR) is 81.2 cm³/mol. The molecule has 3 nitrogen and oxygen atoms in total. The van der Waals surface area contributed by atoms with Crippen molar-refractivity contribution in [2.24, 2.45) is 0 Å². The Morgan fingerprint density at radius 2 is 2.11 bits per heavy atom. The first-order valence-electron chi connectivity index (χ1n) is 6.62. The fourth-order valence-electron chi connectivity index (χ4n) is 1.86. The largest absolute Gasteiger partial charge is 0.496 e. The molecule has 0 N–H and O–H groups in total. The fourth-order valence-corrected chi connectivity index (χ4v) is 2.94. The van der Waals surface area contributed by atoms with Gasteiger partial charge >= 0.3 is 0 Å². The van der Waals surface area contributed by atoms with Crippen LogP contribution in [0, 0.1) is 0 Å². The lowest BCUT2D eigenvalue weighted by Gasteiger charge is -2.06. The quantitative estimate of drug-likeness (QED) is 0.646. The minimum atomic E-state index is 0.626. The van der Waals surface area contributed by atoms with Crippen LogP contribution in [0.15, 0.2) is 11.5 Å². The van der Waals surface area contributed by atoms with Crippen molar-refractivity contribution in [1.29, 1.82) is 0 Å². The summed E-state index contributed by atoms with van der Waals surface area (Å²) in [6, 6.07) is 0. The van der Waals surface area contributed by atoms with Crippen molar-refractivity contribution in [2.75, 3.05) is 34.0 Å². The van der Waals surface area contributed by atoms with Gasteiger partial charge in [-0.2, -0.15) is 0 Å². The molecule has 1 aromatic heterocycles. The summed E-state index contributed by atoms with van der Waals surface area (Å²) in [6.45, 7) is 6.22. The Kier molecular flexibility index (Phi) is 7.79. The van der Waals surface area contributed by atoms with Gasteiger partial charge in [0.05, 0.1) is 26.9 Å². The van der Waals surface area contributed by atoms with Gasteiger partial charge in [-0.3, -0.25) is 0 Å². The Labute approximate surface area is 120 Å². The van der Waals surface area contributed by atoms with E-state index in [0.29, 0.717) is 19.8 Å². The highest BCUT2D eigenvalue weighted by Crippen LogP contribution is 2.35. The van der Waals surface area contributed by atoms with Crippen molar-refractivity contribution in [3.63, 3.8) is 0 Å². The van der Waals surface area contributed by atoms with E-state index in [0.717, 1.165) is 18.6 Å². The standard InChI is InChI=1S/C15H24O3S/c1-5-6-13-14(17-4)11-19-15(13)12(2)7-8-18-10-9-16-3/h7,11H,5-6,8-10H2,1-4H3/b12-7+. The van der Waals surface area contributed by atoms with E-state index >= 15 is 0 Å². The molecule has 1 heterocycles. The van der Waals surface area contributed by atoms with Crippen molar-refractivity contribution < 1.29 is 14.2 Å². The van der Waals surface area contributed by atoms with Gasteiger partial charge in [-0.1, -0.05) is 19.4 Å². The van der Waals surface area contributed by atoms with Crippen molar-refractivity contribution in [3.05, 3.63) is 21.9 Å². The van der Waals surface area contributed by atoms with E-state index in [2.05, 4.69) is 25.3 Å². The molecule has 0 saturated carbocycles. The van der Waals surface area contributed by atoms with Crippen LogP contribution in [0.5, 0.6) is 5.75 Å². The molecule has 0 bridgehead atoms. The summed E-state index contributed by atoms with van der Waals surface area (Å²) in [4.78, 5) is 1.31. The second kappa shape index (κ2) is 9.13. The molecule has 0 aliphatic rings. The van der Waals surface area contributed by atoms with Crippen molar-refractivity contribution in [3.8, 4) is 5.75 Å². The van der Waals surface area contributed by atoms with E-state index in [4.69, 9.17) is 14.2 Å². The molecule has 0 radical (unpaired) electrons. The second-order valence-corrected chi connectivity index (χ2v) is 5.20. The van der Waals surface area contributed by atoms with Gasteiger partial charge in [0, 0.05) is 22.9 Å². The predicted octanol–water partition coefficient (Wildman–Crippen LogP) is 3.78. The van der Waals surface area contributed by atoms with Crippen molar-refractivity contribution >= 4 is 16.9 Å². The zero-order chi connectivity index (χ0) is 14.1. The summed E-state index contributed by atoms with van der Waals surface area (Å²) in [6.07, 6.45) is 4.30. The maximum atomic E-state index is 5.47. The highest BCUT2D eigenvalue weighted by Gasteiger charge is 2.12. The maximum Gasteiger partial charge on any atom is 0.133 e. The minimum Gasteiger partial charge on any atom is -0.496 e. The van der Waals surface area contributed by atoms with E-state index in [9.17, 15) is 0 Å². The van der Waals surface area contributed by atoms with Crippen LogP contribution in [0.3, 0.4) is 0 Å². The van der Waals surface area contributed by atoms with E-state index in [1.807, 2.05) is 0 Å². The van der Waals surface area contributed by atoms with Crippen LogP contribution in [-0.2, 0) is 15.9 Å². The molecule has 0 spiro atoms. The third kappa shape index (κ3) is 4.97. The van der Waals surface area contributed by atoms with E-state index in [-0.39, 0.29) is 0 Å². The van der Waals surface area contributed by atoms with Gasteiger partial charge in [-0.05, 0) is 18.9 Å². The molecule has 0 aromatic carbocycles. The zero-order valence-corrected chi connectivity index (χ0v) is 13.1. The average molecular weight is 284 g/mol. The Balaban J connectivity index is 2.67. The molecular weight excluding hydrogens is 260 g/mol. The van der Waals surface area contributed by atoms with E-state index in [1.54, 1.807) is 25.6 Å². The number of methoxy groups -OCH3 is 2. The van der Waals surface area contributed by atoms with Crippen molar-refractivity contribution in [2.45, 2.75) is 26.7 Å². The van der Waals surface area contributed by atoms with Gasteiger partial charge in [-0.25, -0.2) is 0 Å². The first kappa shape index (κ1) is 16.2. The molecule has 19 heavy (non-hydrogen) atoms. The Hall–Kier alpha value is -0.840. The maximum absolute atomic E-state index is 5.47. The molecule has 0 atom stereocenters. The molecular formula is C15H24O3S. The van der Waals surface area contributed by atoms with Gasteiger partial charge in [-0.15, -0.1) is 11.3 Å². The Bertz CT molecular complexity index is 396. The number of hydrogen-bond acceptors (Lipinski definition) is 4. The third-order valence-corrected chi connectivity index (χ3v) is 4.01. The second-order valence-electron chi connectivity index (χ2n) is 4.32. The van der Waals surface area contributed by atoms with Crippen LogP contribution in [0.4, 0.5) is 0 Å². The van der Waals surface area contributed by atoms with Gasteiger partial charge in [0.1, 0.15) is 5.75 Å². The summed E-state index contributed by atoms with van der Waals surface area (Å²) in [5, 5.41) is 2.09. The Morgan fingerprint density at radius 3 is 2.74 bits per heavy atom. The third-order valence-electron chi connectivity index (χ3n) is 2.87. The van der Waals surface area contributed by atoms with E-state index < -0.39 is 0 Å². The number of hydrogen-bond donors (Lipinski definition) is 0. The van der Waals surface area contributed by atoms with Crippen LogP contribution in [0.2, 0.25) is 0 Å². The molecule has 1 rings (SSSR count). The topological polar surface area (TPSA) is 27.7 Å². The van der Waals surface area contributed by atoms with Crippen LogP contribution in [0.1, 0.15) is 30.7 Å². The number of allylic oxidation sites excluding steroid dienone is 1. The highest BCUT2D eigenvalue weighted by molar-refractivity contribution is 7.11. The van der Waals surface area contributed by atoms with Crippen molar-refractivity contribution in [1.82, 2.24) is 0 Å². The highest BCUT2D eigenvalue weighted by atomic mass is 32.1. The average Bonchev–Trinajstić information content (AvgIpc) is 2.82. The lowest BCUT2D eigenvalue weighted by molar-refractivity contribution is 0.0854. The Morgan fingerprint density at radius 1 is 1.32 bits per heavy atom. The molecule has 0 saturated heterocycles. The first-order chi connectivity index (χ1) is 9.24. The SMILES string of the molecule is CCCc1c(OC)csc1/C(C)=C/COCCOC. The normalized spacial score (nSPS) is 11.9. The summed E-state index contributed by atoms with van der Waals surface area (Å²) >= 11 is 1.74.